The van der Waals surface area contributed by atoms with Crippen LogP contribution in [0.2, 0.25) is 0 Å². The Hall–Kier alpha value is -1.94. The summed E-state index contributed by atoms with van der Waals surface area (Å²) in [5, 5.41) is 10.9. The Balaban J connectivity index is 1.52. The third kappa shape index (κ3) is 5.11. The standard InChI is InChI=1S/C19H23N3O4S2/c1-16-5-7-18(8-6-16)27-14-13-20-9-11-21(12-10-20)28(25,26)19-4-2-3-17(15-19)22(23)24/h2-8,15H,9-14H2,1H3/p+1. The lowest BCUT2D eigenvalue weighted by molar-refractivity contribution is -0.901. The number of thioether (sulfide) groups is 1. The molecule has 0 aliphatic carbocycles. The van der Waals surface area contributed by atoms with Gasteiger partial charge in [-0.1, -0.05) is 23.8 Å². The Morgan fingerprint density at radius 2 is 1.82 bits per heavy atom. The van der Waals surface area contributed by atoms with E-state index in [-0.39, 0.29) is 10.6 Å². The van der Waals surface area contributed by atoms with E-state index in [2.05, 4.69) is 31.2 Å². The Labute approximate surface area is 169 Å². The van der Waals surface area contributed by atoms with Crippen molar-refractivity contribution in [3.8, 4) is 0 Å². The zero-order valence-electron chi connectivity index (χ0n) is 15.7. The van der Waals surface area contributed by atoms with Crippen LogP contribution < -0.4 is 4.90 Å². The first-order valence-electron chi connectivity index (χ1n) is 9.14. The molecule has 1 saturated heterocycles. The largest absolute Gasteiger partial charge is 0.332 e. The van der Waals surface area contributed by atoms with Gasteiger partial charge in [-0.15, -0.1) is 11.8 Å². The second kappa shape index (κ2) is 9.04. The minimum Gasteiger partial charge on any atom is -0.332 e. The monoisotopic (exact) mass is 422 g/mol. The summed E-state index contributed by atoms with van der Waals surface area (Å²) in [4.78, 5) is 12.9. The maximum Gasteiger partial charge on any atom is 0.270 e. The molecule has 1 N–H and O–H groups in total. The molecular weight excluding hydrogens is 398 g/mol. The summed E-state index contributed by atoms with van der Waals surface area (Å²) in [6.07, 6.45) is 0. The molecule has 0 saturated carbocycles. The van der Waals surface area contributed by atoms with Crippen molar-refractivity contribution in [3.63, 3.8) is 0 Å². The fourth-order valence-electron chi connectivity index (χ4n) is 3.15. The van der Waals surface area contributed by atoms with Crippen molar-refractivity contribution < 1.29 is 18.2 Å². The Morgan fingerprint density at radius 1 is 1.14 bits per heavy atom. The molecule has 3 rings (SSSR count). The van der Waals surface area contributed by atoms with Gasteiger partial charge in [0, 0.05) is 22.8 Å². The van der Waals surface area contributed by atoms with E-state index in [1.165, 1.54) is 37.9 Å². The van der Waals surface area contributed by atoms with Gasteiger partial charge >= 0.3 is 0 Å². The third-order valence-corrected chi connectivity index (χ3v) is 7.75. The van der Waals surface area contributed by atoms with E-state index in [9.17, 15) is 18.5 Å². The summed E-state index contributed by atoms with van der Waals surface area (Å²) in [6.45, 7) is 5.37. The van der Waals surface area contributed by atoms with Crippen LogP contribution in [-0.2, 0) is 10.0 Å². The van der Waals surface area contributed by atoms with Crippen LogP contribution in [0.1, 0.15) is 5.56 Å². The summed E-state index contributed by atoms with van der Waals surface area (Å²) in [7, 11) is -3.70. The van der Waals surface area contributed by atoms with Crippen molar-refractivity contribution in [2.45, 2.75) is 16.7 Å². The zero-order valence-corrected chi connectivity index (χ0v) is 17.3. The molecule has 0 spiro atoms. The number of non-ortho nitro benzene ring substituents is 1. The molecule has 28 heavy (non-hydrogen) atoms. The van der Waals surface area contributed by atoms with Gasteiger partial charge in [0.15, 0.2) is 0 Å². The summed E-state index contributed by atoms with van der Waals surface area (Å²) in [5.41, 5.74) is 1.04. The second-order valence-corrected chi connectivity index (χ2v) is 9.93. The molecule has 0 radical (unpaired) electrons. The van der Waals surface area contributed by atoms with Crippen LogP contribution in [0.5, 0.6) is 0 Å². The number of quaternary nitrogens is 1. The summed E-state index contributed by atoms with van der Waals surface area (Å²) >= 11 is 1.81. The van der Waals surface area contributed by atoms with Gasteiger partial charge in [0.2, 0.25) is 10.0 Å². The van der Waals surface area contributed by atoms with Gasteiger partial charge in [-0.2, -0.15) is 4.31 Å². The predicted molar refractivity (Wildman–Crippen MR) is 109 cm³/mol. The lowest BCUT2D eigenvalue weighted by atomic mass is 10.2. The number of hydrogen-bond donors (Lipinski definition) is 1. The topological polar surface area (TPSA) is 85.0 Å². The normalized spacial score (nSPS) is 16.2. The number of rotatable bonds is 7. The van der Waals surface area contributed by atoms with Gasteiger partial charge in [0.05, 0.1) is 42.5 Å². The average Bonchev–Trinajstić information content (AvgIpc) is 2.70. The van der Waals surface area contributed by atoms with E-state index in [1.807, 2.05) is 11.8 Å². The maximum absolute atomic E-state index is 12.8. The van der Waals surface area contributed by atoms with E-state index < -0.39 is 14.9 Å². The summed E-state index contributed by atoms with van der Waals surface area (Å²) in [5.74, 6) is 0.982. The molecule has 7 nitrogen and oxygen atoms in total. The van der Waals surface area contributed by atoms with Crippen molar-refractivity contribution in [3.05, 3.63) is 64.2 Å². The first kappa shape index (κ1) is 20.8. The Morgan fingerprint density at radius 3 is 2.46 bits per heavy atom. The molecule has 0 bridgehead atoms. The van der Waals surface area contributed by atoms with Crippen molar-refractivity contribution in [1.29, 1.82) is 0 Å². The number of hydrogen-bond acceptors (Lipinski definition) is 5. The molecule has 1 aliphatic heterocycles. The van der Waals surface area contributed by atoms with Crippen molar-refractivity contribution in [2.75, 3.05) is 38.5 Å². The number of nitro benzene ring substituents is 1. The quantitative estimate of drug-likeness (QED) is 0.416. The summed E-state index contributed by atoms with van der Waals surface area (Å²) in [6, 6.07) is 13.7. The first-order valence-corrected chi connectivity index (χ1v) is 11.6. The van der Waals surface area contributed by atoms with Gasteiger partial charge in [0.25, 0.3) is 5.69 Å². The number of piperazine rings is 1. The zero-order chi connectivity index (χ0) is 20.1. The second-order valence-electron chi connectivity index (χ2n) is 6.82. The molecule has 0 atom stereocenters. The average molecular weight is 423 g/mol. The number of nitrogens with zero attached hydrogens (tertiary/aromatic N) is 2. The van der Waals surface area contributed by atoms with Gasteiger partial charge in [-0.3, -0.25) is 10.1 Å². The van der Waals surface area contributed by atoms with Crippen LogP contribution in [0.3, 0.4) is 0 Å². The number of aryl methyl sites for hydroxylation is 1. The number of sulfonamides is 1. The van der Waals surface area contributed by atoms with Crippen LogP contribution in [0.25, 0.3) is 0 Å². The molecule has 0 amide bonds. The highest BCUT2D eigenvalue weighted by Gasteiger charge is 2.31. The van der Waals surface area contributed by atoms with E-state index in [4.69, 9.17) is 0 Å². The minimum atomic E-state index is -3.70. The molecule has 1 fully saturated rings. The molecule has 0 unspecified atom stereocenters. The van der Waals surface area contributed by atoms with Crippen molar-refractivity contribution in [2.24, 2.45) is 0 Å². The van der Waals surface area contributed by atoms with Crippen LogP contribution in [0.15, 0.2) is 58.3 Å². The van der Waals surface area contributed by atoms with Gasteiger partial charge < -0.3 is 4.90 Å². The SMILES string of the molecule is Cc1ccc(SCC[NH+]2CCN(S(=O)(=O)c3cccc([N+](=O)[O-])c3)CC2)cc1. The lowest BCUT2D eigenvalue weighted by Crippen LogP contribution is -3.15. The Kier molecular flexibility index (Phi) is 6.71. The highest BCUT2D eigenvalue weighted by molar-refractivity contribution is 7.99. The maximum atomic E-state index is 12.8. The molecule has 1 heterocycles. The fourth-order valence-corrected chi connectivity index (χ4v) is 5.58. The van der Waals surface area contributed by atoms with E-state index >= 15 is 0 Å². The fraction of sp³-hybridized carbons (Fsp3) is 0.368. The smallest absolute Gasteiger partial charge is 0.270 e. The molecule has 9 heteroatoms. The Bertz CT molecular complexity index is 924. The van der Waals surface area contributed by atoms with Crippen LogP contribution in [0.4, 0.5) is 5.69 Å². The van der Waals surface area contributed by atoms with Gasteiger partial charge in [-0.05, 0) is 25.1 Å². The summed E-state index contributed by atoms with van der Waals surface area (Å²) < 4.78 is 27.0. The van der Waals surface area contributed by atoms with Gasteiger partial charge in [-0.25, -0.2) is 8.42 Å². The molecular formula is C19H24N3O4S2+. The van der Waals surface area contributed by atoms with Crippen molar-refractivity contribution >= 4 is 27.5 Å². The molecule has 1 aliphatic rings. The minimum absolute atomic E-state index is 0.0138. The van der Waals surface area contributed by atoms with E-state index in [0.29, 0.717) is 13.1 Å². The van der Waals surface area contributed by atoms with Crippen LogP contribution >= 0.6 is 11.8 Å². The van der Waals surface area contributed by atoms with E-state index in [0.717, 1.165) is 31.5 Å². The number of benzene rings is 2. The van der Waals surface area contributed by atoms with Crippen LogP contribution in [0, 0.1) is 17.0 Å². The van der Waals surface area contributed by atoms with E-state index in [1.54, 1.807) is 0 Å². The van der Waals surface area contributed by atoms with Crippen molar-refractivity contribution in [1.82, 2.24) is 4.31 Å². The highest BCUT2D eigenvalue weighted by Crippen LogP contribution is 2.21. The molecule has 150 valence electrons. The number of nitrogens with one attached hydrogen (secondary N) is 1. The van der Waals surface area contributed by atoms with Gasteiger partial charge in [0.1, 0.15) is 0 Å². The first-order chi connectivity index (χ1) is 13.4. The number of nitro groups is 1. The van der Waals surface area contributed by atoms with Crippen LogP contribution in [-0.4, -0.2) is 56.1 Å². The molecule has 2 aromatic carbocycles. The molecule has 2 aromatic rings. The lowest BCUT2D eigenvalue weighted by Gasteiger charge is -2.31. The highest BCUT2D eigenvalue weighted by atomic mass is 32.2. The third-order valence-electron chi connectivity index (χ3n) is 4.84. The predicted octanol–water partition coefficient (Wildman–Crippen LogP) is 1.58. The molecule has 0 aromatic heterocycles.